The molecule has 0 heterocycles. The molecule has 0 fully saturated rings. The van der Waals surface area contributed by atoms with Crippen LogP contribution in [0.4, 0.5) is 0 Å². The van der Waals surface area contributed by atoms with Gasteiger partial charge in [0.15, 0.2) is 28.6 Å². The Hall–Kier alpha value is -2.11. The number of hydrogen-bond acceptors (Lipinski definition) is 5. The van der Waals surface area contributed by atoms with E-state index in [0.717, 1.165) is 19.3 Å². The van der Waals surface area contributed by atoms with Gasteiger partial charge in [-0.2, -0.15) is 0 Å². The van der Waals surface area contributed by atoms with Crippen LogP contribution in [0.2, 0.25) is 0 Å². The van der Waals surface area contributed by atoms with Gasteiger partial charge in [-0.15, -0.1) is 0 Å². The molecule has 0 aromatic heterocycles. The van der Waals surface area contributed by atoms with Gasteiger partial charge in [-0.3, -0.25) is 0 Å². The zero-order valence-corrected chi connectivity index (χ0v) is 15.7. The standard InChI is InChI=1S/C19H30O6/c1-5-9-13-16(23-10-6-2)15(20)14(19(21)22)18(25-12-8-4)17(13)24-11-7-3/h20H,5-12H2,1-4H3,(H,21,22). The van der Waals surface area contributed by atoms with Crippen molar-refractivity contribution < 1.29 is 29.2 Å². The van der Waals surface area contributed by atoms with Gasteiger partial charge in [0, 0.05) is 5.56 Å². The fraction of sp³-hybridized carbons (Fsp3) is 0.632. The number of rotatable bonds is 12. The number of aromatic carboxylic acids is 1. The van der Waals surface area contributed by atoms with Crippen LogP contribution in [-0.4, -0.2) is 36.0 Å². The van der Waals surface area contributed by atoms with E-state index in [1.54, 1.807) is 0 Å². The minimum atomic E-state index is -1.27. The van der Waals surface area contributed by atoms with E-state index in [9.17, 15) is 15.0 Å². The van der Waals surface area contributed by atoms with Gasteiger partial charge < -0.3 is 24.4 Å². The molecule has 0 aliphatic heterocycles. The molecule has 0 aliphatic rings. The van der Waals surface area contributed by atoms with Gasteiger partial charge in [-0.1, -0.05) is 34.1 Å². The second-order valence-corrected chi connectivity index (χ2v) is 5.79. The van der Waals surface area contributed by atoms with Crippen LogP contribution in [0.1, 0.15) is 69.3 Å². The van der Waals surface area contributed by atoms with Crippen molar-refractivity contribution in [3.05, 3.63) is 11.1 Å². The van der Waals surface area contributed by atoms with E-state index < -0.39 is 5.97 Å². The van der Waals surface area contributed by atoms with Crippen molar-refractivity contribution in [3.8, 4) is 23.0 Å². The summed E-state index contributed by atoms with van der Waals surface area (Å²) in [5.41, 5.74) is 0.364. The highest BCUT2D eigenvalue weighted by molar-refractivity contribution is 5.97. The van der Waals surface area contributed by atoms with E-state index in [1.807, 2.05) is 27.7 Å². The summed E-state index contributed by atoms with van der Waals surface area (Å²) in [4.78, 5) is 11.8. The quantitative estimate of drug-likeness (QED) is 0.578. The number of phenols is 1. The average molecular weight is 354 g/mol. The lowest BCUT2D eigenvalue weighted by Crippen LogP contribution is -2.12. The largest absolute Gasteiger partial charge is 0.504 e. The van der Waals surface area contributed by atoms with Crippen LogP contribution in [0.5, 0.6) is 23.0 Å². The van der Waals surface area contributed by atoms with E-state index >= 15 is 0 Å². The second-order valence-electron chi connectivity index (χ2n) is 5.79. The van der Waals surface area contributed by atoms with Crippen LogP contribution in [0.25, 0.3) is 0 Å². The fourth-order valence-electron chi connectivity index (χ4n) is 2.45. The predicted molar refractivity (Wildman–Crippen MR) is 96.4 cm³/mol. The van der Waals surface area contributed by atoms with E-state index in [0.29, 0.717) is 44.0 Å². The summed E-state index contributed by atoms with van der Waals surface area (Å²) in [5.74, 6) is -1.00. The topological polar surface area (TPSA) is 85.2 Å². The molecule has 1 aromatic carbocycles. The summed E-state index contributed by atoms with van der Waals surface area (Å²) < 4.78 is 17.2. The molecule has 6 nitrogen and oxygen atoms in total. The predicted octanol–water partition coefficient (Wildman–Crippen LogP) is 4.41. The van der Waals surface area contributed by atoms with Gasteiger partial charge in [-0.05, 0) is 25.7 Å². The highest BCUT2D eigenvalue weighted by Gasteiger charge is 2.30. The van der Waals surface area contributed by atoms with Crippen molar-refractivity contribution in [2.45, 2.75) is 59.8 Å². The number of benzene rings is 1. The molecule has 0 saturated carbocycles. The lowest BCUT2D eigenvalue weighted by molar-refractivity contribution is 0.0686. The first-order chi connectivity index (χ1) is 12.0. The number of aromatic hydroxyl groups is 1. The third kappa shape index (κ3) is 5.18. The van der Waals surface area contributed by atoms with Crippen molar-refractivity contribution in [2.75, 3.05) is 19.8 Å². The van der Waals surface area contributed by atoms with Crippen molar-refractivity contribution in [3.63, 3.8) is 0 Å². The van der Waals surface area contributed by atoms with E-state index in [1.165, 1.54) is 0 Å². The molecule has 0 aliphatic carbocycles. The maximum atomic E-state index is 11.8. The van der Waals surface area contributed by atoms with Gasteiger partial charge in [0.1, 0.15) is 0 Å². The lowest BCUT2D eigenvalue weighted by atomic mass is 10.0. The van der Waals surface area contributed by atoms with Crippen molar-refractivity contribution in [1.82, 2.24) is 0 Å². The number of carboxylic acids is 1. The fourth-order valence-corrected chi connectivity index (χ4v) is 2.45. The third-order valence-corrected chi connectivity index (χ3v) is 3.50. The number of hydrogen-bond donors (Lipinski definition) is 2. The number of carbonyl (C=O) groups is 1. The summed E-state index contributed by atoms with van der Waals surface area (Å²) in [7, 11) is 0. The Labute approximate surface area is 149 Å². The summed E-state index contributed by atoms with van der Waals surface area (Å²) in [6.07, 6.45) is 3.61. The zero-order valence-electron chi connectivity index (χ0n) is 15.7. The normalized spacial score (nSPS) is 10.6. The second kappa shape index (κ2) is 10.7. The molecular weight excluding hydrogens is 324 g/mol. The van der Waals surface area contributed by atoms with Gasteiger partial charge in [0.2, 0.25) is 0 Å². The molecule has 25 heavy (non-hydrogen) atoms. The van der Waals surface area contributed by atoms with Crippen LogP contribution in [0.3, 0.4) is 0 Å². The molecule has 0 spiro atoms. The van der Waals surface area contributed by atoms with Crippen LogP contribution in [0.15, 0.2) is 0 Å². The third-order valence-electron chi connectivity index (χ3n) is 3.50. The summed E-state index contributed by atoms with van der Waals surface area (Å²) >= 11 is 0. The van der Waals surface area contributed by atoms with Gasteiger partial charge in [-0.25, -0.2) is 4.79 Å². The van der Waals surface area contributed by atoms with Crippen LogP contribution in [-0.2, 0) is 6.42 Å². The minimum Gasteiger partial charge on any atom is -0.504 e. The van der Waals surface area contributed by atoms with E-state index in [4.69, 9.17) is 14.2 Å². The van der Waals surface area contributed by atoms with Crippen LogP contribution >= 0.6 is 0 Å². The number of carboxylic acid groups (broad SMARTS) is 1. The zero-order chi connectivity index (χ0) is 18.8. The van der Waals surface area contributed by atoms with Crippen LogP contribution < -0.4 is 14.2 Å². The van der Waals surface area contributed by atoms with Crippen molar-refractivity contribution in [1.29, 1.82) is 0 Å². The lowest BCUT2D eigenvalue weighted by Gasteiger charge is -2.22. The monoisotopic (exact) mass is 354 g/mol. The molecule has 0 radical (unpaired) electrons. The summed E-state index contributed by atoms with van der Waals surface area (Å²) in [6.45, 7) is 8.99. The highest BCUT2D eigenvalue weighted by Crippen LogP contribution is 2.49. The van der Waals surface area contributed by atoms with Gasteiger partial charge in [0.25, 0.3) is 0 Å². The summed E-state index contributed by atoms with van der Waals surface area (Å²) in [5, 5.41) is 20.2. The molecule has 1 aromatic rings. The van der Waals surface area contributed by atoms with Gasteiger partial charge in [0.05, 0.1) is 19.8 Å². The highest BCUT2D eigenvalue weighted by atomic mass is 16.5. The molecule has 0 atom stereocenters. The first-order valence-corrected chi connectivity index (χ1v) is 9.06. The van der Waals surface area contributed by atoms with E-state index in [2.05, 4.69) is 0 Å². The smallest absolute Gasteiger partial charge is 0.343 e. The Morgan fingerprint density at radius 2 is 1.28 bits per heavy atom. The minimum absolute atomic E-state index is 0.0904. The molecule has 0 amide bonds. The SMILES string of the molecule is CCCOc1c(O)c(C(=O)O)c(OCCC)c(OCCC)c1CCC. The molecular formula is C19H30O6. The van der Waals surface area contributed by atoms with Gasteiger partial charge >= 0.3 is 5.97 Å². The van der Waals surface area contributed by atoms with Crippen molar-refractivity contribution in [2.24, 2.45) is 0 Å². The Bertz CT molecular complexity index is 568. The maximum absolute atomic E-state index is 11.8. The van der Waals surface area contributed by atoms with Crippen molar-refractivity contribution >= 4 is 5.97 Å². The maximum Gasteiger partial charge on any atom is 0.343 e. The Balaban J connectivity index is 3.66. The molecule has 2 N–H and O–H groups in total. The Morgan fingerprint density at radius 1 is 0.800 bits per heavy atom. The molecule has 142 valence electrons. The first kappa shape index (κ1) is 20.9. The summed E-state index contributed by atoms with van der Waals surface area (Å²) in [6, 6.07) is 0. The molecule has 0 saturated heterocycles. The first-order valence-electron chi connectivity index (χ1n) is 9.06. The Kier molecular flexibility index (Phi) is 8.95. The molecule has 0 bridgehead atoms. The molecule has 6 heteroatoms. The van der Waals surface area contributed by atoms with Crippen LogP contribution in [0, 0.1) is 0 Å². The van der Waals surface area contributed by atoms with E-state index in [-0.39, 0.29) is 22.8 Å². The number of ether oxygens (including phenoxy) is 3. The Morgan fingerprint density at radius 3 is 1.72 bits per heavy atom. The molecule has 0 unspecified atom stereocenters. The average Bonchev–Trinajstić information content (AvgIpc) is 2.58. The molecule has 1 rings (SSSR count).